The maximum absolute atomic E-state index is 12.7. The van der Waals surface area contributed by atoms with Gasteiger partial charge in [0.25, 0.3) is 5.91 Å². The van der Waals surface area contributed by atoms with E-state index in [0.717, 1.165) is 10.9 Å². The molecule has 1 aliphatic heterocycles. The molecule has 1 atom stereocenters. The van der Waals surface area contributed by atoms with Crippen LogP contribution >= 0.6 is 0 Å². The molecule has 3 rings (SSSR count). The van der Waals surface area contributed by atoms with Gasteiger partial charge in [-0.3, -0.25) is 9.48 Å². The number of para-hydroxylation sites is 1. The molecule has 1 amide bonds. The van der Waals surface area contributed by atoms with E-state index < -0.39 is 0 Å². The molecule has 6 heteroatoms. The maximum Gasteiger partial charge on any atom is 0.275 e. The Kier molecular flexibility index (Phi) is 3.42. The Hall–Kier alpha value is -1.92. The van der Waals surface area contributed by atoms with Gasteiger partial charge in [0.2, 0.25) is 0 Å². The first kappa shape index (κ1) is 13.1. The Bertz CT molecular complexity index is 638. The van der Waals surface area contributed by atoms with Gasteiger partial charge in [0.15, 0.2) is 5.69 Å². The van der Waals surface area contributed by atoms with Crippen LogP contribution in [-0.4, -0.2) is 58.1 Å². The Balaban J connectivity index is 2.00. The SMILES string of the molecule is Cn1nc(C(=O)N2CCOCC2CO)c2ccccc21. The highest BCUT2D eigenvalue weighted by molar-refractivity contribution is 6.05. The molecule has 1 aliphatic rings. The van der Waals surface area contributed by atoms with Crippen LogP contribution in [-0.2, 0) is 11.8 Å². The van der Waals surface area contributed by atoms with E-state index in [4.69, 9.17) is 4.74 Å². The largest absolute Gasteiger partial charge is 0.394 e. The maximum atomic E-state index is 12.7. The number of aliphatic hydroxyl groups is 1. The van der Waals surface area contributed by atoms with Crippen LogP contribution in [0.3, 0.4) is 0 Å². The molecule has 1 unspecified atom stereocenters. The van der Waals surface area contributed by atoms with Crippen molar-refractivity contribution in [2.45, 2.75) is 6.04 Å². The third-order valence-electron chi connectivity index (χ3n) is 3.66. The predicted molar refractivity (Wildman–Crippen MR) is 73.4 cm³/mol. The molecule has 1 saturated heterocycles. The monoisotopic (exact) mass is 275 g/mol. The van der Waals surface area contributed by atoms with Crippen LogP contribution in [0.5, 0.6) is 0 Å². The van der Waals surface area contributed by atoms with Crippen molar-refractivity contribution in [2.24, 2.45) is 7.05 Å². The minimum absolute atomic E-state index is 0.101. The molecule has 1 N–H and O–H groups in total. The molecule has 0 aliphatic carbocycles. The van der Waals surface area contributed by atoms with Gasteiger partial charge in [-0.25, -0.2) is 0 Å². The third-order valence-corrected chi connectivity index (χ3v) is 3.66. The molecule has 0 bridgehead atoms. The van der Waals surface area contributed by atoms with Gasteiger partial charge in [-0.2, -0.15) is 5.10 Å². The number of hydrogen-bond acceptors (Lipinski definition) is 4. The highest BCUT2D eigenvalue weighted by Crippen LogP contribution is 2.20. The summed E-state index contributed by atoms with van der Waals surface area (Å²) < 4.78 is 7.01. The number of ether oxygens (including phenoxy) is 1. The Morgan fingerprint density at radius 3 is 3.10 bits per heavy atom. The van der Waals surface area contributed by atoms with Gasteiger partial charge in [0, 0.05) is 19.0 Å². The molecule has 1 aromatic carbocycles. The van der Waals surface area contributed by atoms with Crippen LogP contribution < -0.4 is 0 Å². The van der Waals surface area contributed by atoms with Gasteiger partial charge >= 0.3 is 0 Å². The second kappa shape index (κ2) is 5.22. The van der Waals surface area contributed by atoms with Crippen LogP contribution in [0.2, 0.25) is 0 Å². The summed E-state index contributed by atoms with van der Waals surface area (Å²) in [5, 5.41) is 14.5. The average Bonchev–Trinajstić information content (AvgIpc) is 2.84. The molecular formula is C14H17N3O3. The number of carbonyl (C=O) groups excluding carboxylic acids is 1. The number of fused-ring (bicyclic) bond motifs is 1. The standard InChI is InChI=1S/C14H17N3O3/c1-16-12-5-3-2-4-11(12)13(15-16)14(19)17-6-7-20-9-10(17)8-18/h2-5,10,18H,6-9H2,1H3. The molecule has 1 aromatic heterocycles. The van der Waals surface area contributed by atoms with E-state index in [-0.39, 0.29) is 18.6 Å². The van der Waals surface area contributed by atoms with Gasteiger partial charge in [0.05, 0.1) is 31.4 Å². The lowest BCUT2D eigenvalue weighted by molar-refractivity contribution is -0.0185. The van der Waals surface area contributed by atoms with E-state index in [0.29, 0.717) is 25.5 Å². The van der Waals surface area contributed by atoms with Crippen molar-refractivity contribution in [3.63, 3.8) is 0 Å². The molecule has 0 radical (unpaired) electrons. The summed E-state index contributed by atoms with van der Waals surface area (Å²) in [4.78, 5) is 14.3. The van der Waals surface area contributed by atoms with Gasteiger partial charge in [0.1, 0.15) is 0 Å². The van der Waals surface area contributed by atoms with E-state index in [9.17, 15) is 9.90 Å². The van der Waals surface area contributed by atoms with E-state index in [2.05, 4.69) is 5.10 Å². The fourth-order valence-electron chi connectivity index (χ4n) is 2.58. The molecule has 6 nitrogen and oxygen atoms in total. The number of hydrogen-bond donors (Lipinski definition) is 1. The molecule has 0 saturated carbocycles. The van der Waals surface area contributed by atoms with Crippen molar-refractivity contribution in [3.05, 3.63) is 30.0 Å². The Labute approximate surface area is 116 Å². The zero-order chi connectivity index (χ0) is 14.1. The number of carbonyl (C=O) groups is 1. The van der Waals surface area contributed by atoms with Crippen LogP contribution in [0, 0.1) is 0 Å². The van der Waals surface area contributed by atoms with Crippen molar-refractivity contribution in [3.8, 4) is 0 Å². The summed E-state index contributed by atoms with van der Waals surface area (Å²) in [5.41, 5.74) is 1.35. The van der Waals surface area contributed by atoms with Crippen LogP contribution in [0.25, 0.3) is 10.9 Å². The summed E-state index contributed by atoms with van der Waals surface area (Å²) >= 11 is 0. The van der Waals surface area contributed by atoms with Gasteiger partial charge in [-0.1, -0.05) is 18.2 Å². The van der Waals surface area contributed by atoms with Crippen molar-refractivity contribution >= 4 is 16.8 Å². The summed E-state index contributed by atoms with van der Waals surface area (Å²) in [6.45, 7) is 1.24. The lowest BCUT2D eigenvalue weighted by atomic mass is 10.1. The van der Waals surface area contributed by atoms with Gasteiger partial charge in [-0.05, 0) is 6.07 Å². The molecule has 2 aromatic rings. The molecule has 20 heavy (non-hydrogen) atoms. The van der Waals surface area contributed by atoms with Crippen molar-refractivity contribution in [1.82, 2.24) is 14.7 Å². The predicted octanol–water partition coefficient (Wildman–Crippen LogP) is 0.407. The first-order valence-electron chi connectivity index (χ1n) is 6.63. The van der Waals surface area contributed by atoms with Crippen molar-refractivity contribution in [2.75, 3.05) is 26.4 Å². The molecule has 106 valence electrons. The first-order chi connectivity index (χ1) is 9.72. The third kappa shape index (κ3) is 2.07. The zero-order valence-electron chi connectivity index (χ0n) is 11.3. The van der Waals surface area contributed by atoms with Crippen molar-refractivity contribution < 1.29 is 14.6 Å². The molecule has 2 heterocycles. The topological polar surface area (TPSA) is 67.6 Å². The van der Waals surface area contributed by atoms with Gasteiger partial charge in [-0.15, -0.1) is 0 Å². The van der Waals surface area contributed by atoms with Crippen LogP contribution in [0.1, 0.15) is 10.5 Å². The highest BCUT2D eigenvalue weighted by atomic mass is 16.5. The Morgan fingerprint density at radius 2 is 2.30 bits per heavy atom. The number of aryl methyl sites for hydroxylation is 1. The first-order valence-corrected chi connectivity index (χ1v) is 6.63. The highest BCUT2D eigenvalue weighted by Gasteiger charge is 2.30. The summed E-state index contributed by atoms with van der Waals surface area (Å²) in [6.07, 6.45) is 0. The fourth-order valence-corrected chi connectivity index (χ4v) is 2.58. The van der Waals surface area contributed by atoms with E-state index in [1.54, 1.807) is 9.58 Å². The van der Waals surface area contributed by atoms with E-state index in [1.165, 1.54) is 0 Å². The van der Waals surface area contributed by atoms with Crippen LogP contribution in [0.4, 0.5) is 0 Å². The summed E-state index contributed by atoms with van der Waals surface area (Å²) in [6, 6.07) is 7.34. The average molecular weight is 275 g/mol. The second-order valence-corrected chi connectivity index (χ2v) is 4.90. The lowest BCUT2D eigenvalue weighted by Gasteiger charge is -2.34. The normalized spacial score (nSPS) is 19.5. The molecular weight excluding hydrogens is 258 g/mol. The second-order valence-electron chi connectivity index (χ2n) is 4.90. The molecule has 1 fully saturated rings. The van der Waals surface area contributed by atoms with Crippen molar-refractivity contribution in [1.29, 1.82) is 0 Å². The number of aromatic nitrogens is 2. The number of aliphatic hydroxyl groups excluding tert-OH is 1. The smallest absolute Gasteiger partial charge is 0.275 e. The van der Waals surface area contributed by atoms with E-state index >= 15 is 0 Å². The number of rotatable bonds is 2. The number of amides is 1. The Morgan fingerprint density at radius 1 is 1.50 bits per heavy atom. The number of nitrogens with zero attached hydrogens (tertiary/aromatic N) is 3. The number of benzene rings is 1. The quantitative estimate of drug-likeness (QED) is 0.862. The van der Waals surface area contributed by atoms with Crippen LogP contribution in [0.15, 0.2) is 24.3 Å². The summed E-state index contributed by atoms with van der Waals surface area (Å²) in [5.74, 6) is -0.149. The minimum Gasteiger partial charge on any atom is -0.394 e. The zero-order valence-corrected chi connectivity index (χ0v) is 11.3. The fraction of sp³-hybridized carbons (Fsp3) is 0.429. The lowest BCUT2D eigenvalue weighted by Crippen LogP contribution is -2.50. The molecule has 0 spiro atoms. The summed E-state index contributed by atoms with van der Waals surface area (Å²) in [7, 11) is 1.82. The number of morpholine rings is 1. The van der Waals surface area contributed by atoms with E-state index in [1.807, 2.05) is 31.3 Å². The minimum atomic E-state index is -0.294. The van der Waals surface area contributed by atoms with Gasteiger partial charge < -0.3 is 14.7 Å².